The van der Waals surface area contributed by atoms with Gasteiger partial charge in [0.05, 0.1) is 4.92 Å². The molecule has 0 aromatic heterocycles. The summed E-state index contributed by atoms with van der Waals surface area (Å²) < 4.78 is 0. The molecule has 6 nitrogen and oxygen atoms in total. The van der Waals surface area contributed by atoms with Crippen LogP contribution in [-0.4, -0.2) is 34.0 Å². The van der Waals surface area contributed by atoms with E-state index in [9.17, 15) is 20.0 Å². The molecule has 1 aromatic rings. The highest BCUT2D eigenvalue weighted by Gasteiger charge is 2.29. The smallest absolute Gasteiger partial charge is 0.343 e. The summed E-state index contributed by atoms with van der Waals surface area (Å²) in [6, 6.07) is 4.44. The highest BCUT2D eigenvalue weighted by molar-refractivity contribution is 5.94. The number of hydrogen-bond donors (Lipinski definition) is 1. The number of nitro benzene ring substituents is 1. The second kappa shape index (κ2) is 5.58. The van der Waals surface area contributed by atoms with Gasteiger partial charge in [-0.15, -0.1) is 0 Å². The van der Waals surface area contributed by atoms with Crippen molar-refractivity contribution < 1.29 is 14.8 Å². The van der Waals surface area contributed by atoms with E-state index in [2.05, 4.69) is 18.7 Å². The predicted molar refractivity (Wildman–Crippen MR) is 73.7 cm³/mol. The zero-order valence-electron chi connectivity index (χ0n) is 11.6. The van der Waals surface area contributed by atoms with E-state index in [0.29, 0.717) is 23.9 Å². The summed E-state index contributed by atoms with van der Waals surface area (Å²) in [6.45, 7) is 6.55. The van der Waals surface area contributed by atoms with E-state index in [1.54, 1.807) is 12.1 Å². The van der Waals surface area contributed by atoms with Crippen LogP contribution >= 0.6 is 0 Å². The molecule has 2 atom stereocenters. The Morgan fingerprint density at radius 1 is 1.40 bits per heavy atom. The number of benzene rings is 1. The summed E-state index contributed by atoms with van der Waals surface area (Å²) in [7, 11) is 0. The lowest BCUT2D eigenvalue weighted by molar-refractivity contribution is -0.385. The monoisotopic (exact) mass is 278 g/mol. The summed E-state index contributed by atoms with van der Waals surface area (Å²) in [6.07, 6.45) is 0. The van der Waals surface area contributed by atoms with Crippen LogP contribution in [0.25, 0.3) is 0 Å². The van der Waals surface area contributed by atoms with Gasteiger partial charge in [-0.1, -0.05) is 26.0 Å². The van der Waals surface area contributed by atoms with Crippen LogP contribution in [0.3, 0.4) is 0 Å². The number of hydrogen-bond acceptors (Lipinski definition) is 4. The maximum absolute atomic E-state index is 11.3. The number of nitrogens with zero attached hydrogens (tertiary/aromatic N) is 2. The zero-order chi connectivity index (χ0) is 14.9. The van der Waals surface area contributed by atoms with Crippen LogP contribution in [0.15, 0.2) is 18.2 Å². The van der Waals surface area contributed by atoms with Crippen molar-refractivity contribution in [2.24, 2.45) is 11.8 Å². The van der Waals surface area contributed by atoms with Gasteiger partial charge in [-0.05, 0) is 17.4 Å². The zero-order valence-corrected chi connectivity index (χ0v) is 11.6. The van der Waals surface area contributed by atoms with E-state index in [4.69, 9.17) is 0 Å². The molecule has 1 aliphatic rings. The number of aromatic carboxylic acids is 1. The Morgan fingerprint density at radius 3 is 2.50 bits per heavy atom. The van der Waals surface area contributed by atoms with Gasteiger partial charge >= 0.3 is 5.97 Å². The van der Waals surface area contributed by atoms with Crippen molar-refractivity contribution in [3.8, 4) is 0 Å². The third-order valence-corrected chi connectivity index (χ3v) is 4.00. The van der Waals surface area contributed by atoms with Crippen molar-refractivity contribution in [1.29, 1.82) is 0 Å². The second-order valence-corrected chi connectivity index (χ2v) is 5.52. The Kier molecular flexibility index (Phi) is 4.04. The summed E-state index contributed by atoms with van der Waals surface area (Å²) >= 11 is 0. The van der Waals surface area contributed by atoms with Crippen LogP contribution in [0.1, 0.15) is 29.8 Å². The van der Waals surface area contributed by atoms with Gasteiger partial charge in [0.25, 0.3) is 5.69 Å². The maximum Gasteiger partial charge on any atom is 0.343 e. The Bertz CT molecular complexity index is 534. The van der Waals surface area contributed by atoms with E-state index < -0.39 is 10.9 Å². The van der Waals surface area contributed by atoms with Crippen molar-refractivity contribution in [2.45, 2.75) is 20.4 Å². The summed E-state index contributed by atoms with van der Waals surface area (Å²) in [5, 5.41) is 20.2. The average molecular weight is 278 g/mol. The predicted octanol–water partition coefficient (Wildman–Crippen LogP) is 2.38. The van der Waals surface area contributed by atoms with Crippen molar-refractivity contribution in [3.05, 3.63) is 39.4 Å². The van der Waals surface area contributed by atoms with Crippen molar-refractivity contribution in [3.63, 3.8) is 0 Å². The lowest BCUT2D eigenvalue weighted by Gasteiger charge is -2.16. The lowest BCUT2D eigenvalue weighted by Crippen LogP contribution is -2.22. The van der Waals surface area contributed by atoms with E-state index in [-0.39, 0.29) is 11.3 Å². The average Bonchev–Trinajstić information content (AvgIpc) is 2.67. The largest absolute Gasteiger partial charge is 0.477 e. The molecule has 2 rings (SSSR count). The first-order chi connectivity index (χ1) is 9.40. The fourth-order valence-corrected chi connectivity index (χ4v) is 2.74. The third-order valence-electron chi connectivity index (χ3n) is 4.00. The molecule has 0 amide bonds. The van der Waals surface area contributed by atoms with Gasteiger partial charge < -0.3 is 5.11 Å². The molecule has 0 radical (unpaired) electrons. The quantitative estimate of drug-likeness (QED) is 0.675. The molecule has 0 spiro atoms. The van der Waals surface area contributed by atoms with E-state index in [0.717, 1.165) is 13.1 Å². The standard InChI is InChI=1S/C14H18N2O4/c1-9-6-15(7-10(9)2)8-11-4-3-5-12(16(19)20)13(11)14(17)18/h3-5,9-10H,6-8H2,1-2H3,(H,17,18). The van der Waals surface area contributed by atoms with Crippen LogP contribution in [0.2, 0.25) is 0 Å². The Labute approximate surface area is 117 Å². The van der Waals surface area contributed by atoms with Crippen LogP contribution in [0.4, 0.5) is 5.69 Å². The van der Waals surface area contributed by atoms with E-state index >= 15 is 0 Å². The van der Waals surface area contributed by atoms with Gasteiger partial charge in [-0.2, -0.15) is 0 Å². The summed E-state index contributed by atoms with van der Waals surface area (Å²) in [4.78, 5) is 23.8. The number of nitro groups is 1. The fourth-order valence-electron chi connectivity index (χ4n) is 2.74. The van der Waals surface area contributed by atoms with Crippen molar-refractivity contribution in [1.82, 2.24) is 4.90 Å². The minimum Gasteiger partial charge on any atom is -0.477 e. The van der Waals surface area contributed by atoms with Crippen LogP contribution in [0.5, 0.6) is 0 Å². The van der Waals surface area contributed by atoms with Crippen molar-refractivity contribution in [2.75, 3.05) is 13.1 Å². The van der Waals surface area contributed by atoms with Gasteiger partial charge in [-0.3, -0.25) is 15.0 Å². The molecule has 1 heterocycles. The molecule has 2 unspecified atom stereocenters. The lowest BCUT2D eigenvalue weighted by atomic mass is 10.0. The number of carbonyl (C=O) groups is 1. The van der Waals surface area contributed by atoms with E-state index in [1.807, 2.05) is 0 Å². The Morgan fingerprint density at radius 2 is 2.00 bits per heavy atom. The molecule has 0 saturated carbocycles. The normalized spacial score (nSPS) is 22.9. The second-order valence-electron chi connectivity index (χ2n) is 5.52. The fraction of sp³-hybridized carbons (Fsp3) is 0.500. The van der Waals surface area contributed by atoms with Gasteiger partial charge in [0.15, 0.2) is 0 Å². The Hall–Kier alpha value is -1.95. The molecular weight excluding hydrogens is 260 g/mol. The molecule has 6 heteroatoms. The number of carboxylic acids is 1. The van der Waals surface area contributed by atoms with E-state index in [1.165, 1.54) is 6.07 Å². The Balaban J connectivity index is 2.30. The van der Waals surface area contributed by atoms with Gasteiger partial charge in [-0.25, -0.2) is 4.79 Å². The molecular formula is C14H18N2O4. The minimum atomic E-state index is -1.24. The topological polar surface area (TPSA) is 83.7 Å². The maximum atomic E-state index is 11.3. The molecule has 20 heavy (non-hydrogen) atoms. The molecule has 108 valence electrons. The van der Waals surface area contributed by atoms with Gasteiger partial charge in [0.2, 0.25) is 0 Å². The van der Waals surface area contributed by atoms with Crippen LogP contribution in [-0.2, 0) is 6.54 Å². The molecule has 1 fully saturated rings. The van der Waals surface area contributed by atoms with Crippen LogP contribution in [0, 0.1) is 22.0 Å². The van der Waals surface area contributed by atoms with Crippen LogP contribution < -0.4 is 0 Å². The molecule has 1 saturated heterocycles. The number of likely N-dealkylation sites (tertiary alicyclic amines) is 1. The third kappa shape index (κ3) is 2.80. The molecule has 0 aliphatic carbocycles. The summed E-state index contributed by atoms with van der Waals surface area (Å²) in [5.41, 5.74) is -0.0204. The number of rotatable bonds is 4. The summed E-state index contributed by atoms with van der Waals surface area (Å²) in [5.74, 6) is -0.128. The number of carboxylic acid groups (broad SMARTS) is 1. The molecule has 1 aromatic carbocycles. The van der Waals surface area contributed by atoms with Gasteiger partial charge in [0, 0.05) is 25.7 Å². The minimum absolute atomic E-state index is 0.190. The molecule has 0 bridgehead atoms. The first kappa shape index (κ1) is 14.5. The molecule has 1 N–H and O–H groups in total. The highest BCUT2D eigenvalue weighted by atomic mass is 16.6. The first-order valence-corrected chi connectivity index (χ1v) is 6.62. The van der Waals surface area contributed by atoms with Gasteiger partial charge in [0.1, 0.15) is 5.56 Å². The SMILES string of the molecule is CC1CN(Cc2cccc([N+](=O)[O-])c2C(=O)O)CC1C. The highest BCUT2D eigenvalue weighted by Crippen LogP contribution is 2.27. The van der Waals surface area contributed by atoms with Crippen molar-refractivity contribution >= 4 is 11.7 Å². The molecule has 1 aliphatic heterocycles. The first-order valence-electron chi connectivity index (χ1n) is 6.62.